The Hall–Kier alpha value is -1.41. The molecule has 0 bridgehead atoms. The lowest BCUT2D eigenvalue weighted by Gasteiger charge is -2.20. The van der Waals surface area contributed by atoms with Crippen molar-refractivity contribution in [1.82, 2.24) is 9.80 Å². The van der Waals surface area contributed by atoms with Crippen molar-refractivity contribution in [3.8, 4) is 0 Å². The van der Waals surface area contributed by atoms with Crippen LogP contribution < -0.4 is 5.32 Å². The van der Waals surface area contributed by atoms with Crippen molar-refractivity contribution in [3.63, 3.8) is 0 Å². The molecule has 0 unspecified atom stereocenters. The van der Waals surface area contributed by atoms with E-state index in [0.29, 0.717) is 28.9 Å². The van der Waals surface area contributed by atoms with Crippen molar-refractivity contribution in [2.24, 2.45) is 0 Å². The van der Waals surface area contributed by atoms with Gasteiger partial charge in [-0.2, -0.15) is 13.2 Å². The average molecular weight is 363 g/mol. The number of nitrogens with zero attached hydrogens (tertiary/aromatic N) is 2. The van der Waals surface area contributed by atoms with Crippen molar-refractivity contribution in [3.05, 3.63) is 23.8 Å². The average Bonchev–Trinajstić information content (AvgIpc) is 2.44. The fraction of sp³-hybridized carbons (Fsp3) is 0.562. The second-order valence-electron chi connectivity index (χ2n) is 5.91. The van der Waals surface area contributed by atoms with Crippen LogP contribution in [0.4, 0.5) is 23.7 Å². The molecular formula is C16H24F3N3OS. The summed E-state index contributed by atoms with van der Waals surface area (Å²) < 4.78 is 37.3. The molecule has 4 nitrogen and oxygen atoms in total. The van der Waals surface area contributed by atoms with Gasteiger partial charge in [0.2, 0.25) is 0 Å². The molecule has 1 aromatic carbocycles. The maximum absolute atomic E-state index is 12.4. The lowest BCUT2D eigenvalue weighted by molar-refractivity contribution is -0.105. The molecule has 8 heteroatoms. The maximum Gasteiger partial charge on any atom is 0.398 e. The monoisotopic (exact) mass is 363 g/mol. The van der Waals surface area contributed by atoms with Gasteiger partial charge in [-0.05, 0) is 51.7 Å². The molecule has 0 aliphatic rings. The number of hydrogen-bond acceptors (Lipinski definition) is 3. The van der Waals surface area contributed by atoms with E-state index in [-0.39, 0.29) is 6.03 Å². The van der Waals surface area contributed by atoms with E-state index in [1.807, 2.05) is 25.9 Å². The summed E-state index contributed by atoms with van der Waals surface area (Å²) in [5.74, 6) is -0.988. The van der Waals surface area contributed by atoms with Crippen LogP contribution in [-0.2, 0) is 0 Å². The lowest BCUT2D eigenvalue weighted by Crippen LogP contribution is -2.33. The zero-order valence-corrected chi connectivity index (χ0v) is 15.2. The number of nitrogens with one attached hydrogen (secondary N) is 1. The Labute approximate surface area is 145 Å². The predicted molar refractivity (Wildman–Crippen MR) is 92.8 cm³/mol. The molecule has 1 rings (SSSR count). The summed E-state index contributed by atoms with van der Waals surface area (Å²) in [7, 11) is 5.58. The Morgan fingerprint density at radius 2 is 1.88 bits per heavy atom. The third-order valence-electron chi connectivity index (χ3n) is 3.21. The third-order valence-corrected chi connectivity index (χ3v) is 4.35. The molecule has 0 aliphatic carbocycles. The van der Waals surface area contributed by atoms with Gasteiger partial charge in [-0.25, -0.2) is 4.79 Å². The van der Waals surface area contributed by atoms with Crippen molar-refractivity contribution in [2.45, 2.75) is 24.4 Å². The summed E-state index contributed by atoms with van der Waals surface area (Å²) in [6.45, 7) is 3.25. The molecule has 0 atom stereocenters. The minimum absolute atomic E-state index is 0.326. The van der Waals surface area contributed by atoms with Gasteiger partial charge in [0.25, 0.3) is 0 Å². The number of benzene rings is 1. The number of anilines is 1. The Balaban J connectivity index is 2.70. The van der Waals surface area contributed by atoms with Gasteiger partial charge in [-0.3, -0.25) is 0 Å². The number of amides is 2. The first-order chi connectivity index (χ1) is 11.1. The third kappa shape index (κ3) is 7.92. The van der Waals surface area contributed by atoms with Crippen molar-refractivity contribution >= 4 is 23.5 Å². The van der Waals surface area contributed by atoms with Gasteiger partial charge in [0.05, 0.1) is 11.4 Å². The number of aryl methyl sites for hydroxylation is 1. The summed E-state index contributed by atoms with van der Waals surface area (Å²) in [6, 6.07) is 4.69. The minimum Gasteiger partial charge on any atom is -0.328 e. The number of carbonyl (C=O) groups is 1. The number of alkyl halides is 3. The normalized spacial score (nSPS) is 11.7. The summed E-state index contributed by atoms with van der Waals surface area (Å²) in [5.41, 5.74) is 1.28. The molecule has 0 fully saturated rings. The van der Waals surface area contributed by atoms with Crippen LogP contribution >= 0.6 is 11.8 Å². The summed E-state index contributed by atoms with van der Waals surface area (Å²) in [5, 5.41) is 2.71. The summed E-state index contributed by atoms with van der Waals surface area (Å²) in [6.07, 6.45) is -3.43. The van der Waals surface area contributed by atoms with Gasteiger partial charge in [0, 0.05) is 18.5 Å². The molecule has 0 heterocycles. The van der Waals surface area contributed by atoms with Gasteiger partial charge in [0.15, 0.2) is 0 Å². The van der Waals surface area contributed by atoms with Gasteiger partial charge >= 0.3 is 12.2 Å². The van der Waals surface area contributed by atoms with E-state index in [1.54, 1.807) is 25.2 Å². The van der Waals surface area contributed by atoms with Crippen LogP contribution in [0.1, 0.15) is 12.0 Å². The second-order valence-corrected chi connectivity index (χ2v) is 6.93. The number of hydrogen-bond donors (Lipinski definition) is 1. The molecule has 0 saturated carbocycles. The summed E-state index contributed by atoms with van der Waals surface area (Å²) >= 11 is 0.673. The smallest absolute Gasteiger partial charge is 0.328 e. The zero-order valence-electron chi connectivity index (χ0n) is 14.4. The molecule has 136 valence electrons. The topological polar surface area (TPSA) is 35.6 Å². The van der Waals surface area contributed by atoms with Crippen molar-refractivity contribution in [1.29, 1.82) is 0 Å². The maximum atomic E-state index is 12.4. The van der Waals surface area contributed by atoms with E-state index in [9.17, 15) is 18.0 Å². The highest BCUT2D eigenvalue weighted by Crippen LogP contribution is 2.33. The van der Waals surface area contributed by atoms with Crippen LogP contribution in [0.5, 0.6) is 0 Å². The first-order valence-electron chi connectivity index (χ1n) is 7.55. The van der Waals surface area contributed by atoms with Crippen LogP contribution in [-0.4, -0.2) is 62.0 Å². The van der Waals surface area contributed by atoms with Gasteiger partial charge in [0.1, 0.15) is 0 Å². The first kappa shape index (κ1) is 20.6. The van der Waals surface area contributed by atoms with Crippen LogP contribution in [0.3, 0.4) is 0 Å². The van der Waals surface area contributed by atoms with Gasteiger partial charge < -0.3 is 15.1 Å². The van der Waals surface area contributed by atoms with Crippen LogP contribution in [0.15, 0.2) is 23.1 Å². The highest BCUT2D eigenvalue weighted by Gasteiger charge is 2.28. The number of thioether (sulfide) groups is 1. The van der Waals surface area contributed by atoms with E-state index in [4.69, 9.17) is 0 Å². The molecule has 2 amide bonds. The quantitative estimate of drug-likeness (QED) is 0.742. The molecule has 0 radical (unpaired) electrons. The largest absolute Gasteiger partial charge is 0.398 e. The number of urea groups is 1. The number of rotatable bonds is 7. The Morgan fingerprint density at radius 1 is 1.21 bits per heavy atom. The molecule has 24 heavy (non-hydrogen) atoms. The molecule has 0 aromatic heterocycles. The standard InChI is InChI=1S/C16H24F3N3OS/c1-12-6-7-14(24-11-16(17,18)19)13(10-12)20-15(23)22(4)9-5-8-21(2)3/h6-7,10H,5,8-9,11H2,1-4H3,(H,20,23). The van der Waals surface area contributed by atoms with Crippen molar-refractivity contribution in [2.75, 3.05) is 45.3 Å². The molecular weight excluding hydrogens is 339 g/mol. The number of carbonyl (C=O) groups excluding carboxylic acids is 1. The van der Waals surface area contributed by atoms with Crippen LogP contribution in [0.25, 0.3) is 0 Å². The molecule has 0 saturated heterocycles. The minimum atomic E-state index is -4.25. The van der Waals surface area contributed by atoms with Crippen LogP contribution in [0.2, 0.25) is 0 Å². The van der Waals surface area contributed by atoms with E-state index in [1.165, 1.54) is 4.90 Å². The Morgan fingerprint density at radius 3 is 2.46 bits per heavy atom. The predicted octanol–water partition coefficient (Wildman–Crippen LogP) is 4.06. The van der Waals surface area contributed by atoms with Gasteiger partial charge in [-0.1, -0.05) is 6.07 Å². The van der Waals surface area contributed by atoms with E-state index < -0.39 is 11.9 Å². The Kier molecular flexibility index (Phi) is 7.89. The van der Waals surface area contributed by atoms with Gasteiger partial charge in [-0.15, -0.1) is 11.8 Å². The van der Waals surface area contributed by atoms with Crippen molar-refractivity contribution < 1.29 is 18.0 Å². The SMILES string of the molecule is Cc1ccc(SCC(F)(F)F)c(NC(=O)N(C)CCCN(C)C)c1. The fourth-order valence-electron chi connectivity index (χ4n) is 1.96. The molecule has 1 N–H and O–H groups in total. The van der Waals surface area contributed by atoms with E-state index in [2.05, 4.69) is 5.32 Å². The first-order valence-corrected chi connectivity index (χ1v) is 8.54. The second kappa shape index (κ2) is 9.17. The van der Waals surface area contributed by atoms with E-state index >= 15 is 0 Å². The van der Waals surface area contributed by atoms with Crippen LogP contribution in [0, 0.1) is 6.92 Å². The Bertz CT molecular complexity index is 550. The van der Waals surface area contributed by atoms with E-state index in [0.717, 1.165) is 18.5 Å². The molecule has 0 spiro atoms. The highest BCUT2D eigenvalue weighted by atomic mass is 32.2. The lowest BCUT2D eigenvalue weighted by atomic mass is 10.2. The molecule has 0 aliphatic heterocycles. The fourth-order valence-corrected chi connectivity index (χ4v) is 2.71. The number of halogens is 3. The molecule has 1 aromatic rings. The zero-order chi connectivity index (χ0) is 18.3. The highest BCUT2D eigenvalue weighted by molar-refractivity contribution is 7.99. The summed E-state index contributed by atoms with van der Waals surface area (Å²) in [4.78, 5) is 16.2.